The first kappa shape index (κ1) is 20.6. The van der Waals surface area contributed by atoms with Crippen molar-refractivity contribution in [3.05, 3.63) is 60.7 Å². The molecule has 1 aliphatic heterocycles. The quantitative estimate of drug-likeness (QED) is 0.512. The van der Waals surface area contributed by atoms with Gasteiger partial charge in [-0.25, -0.2) is 4.79 Å². The Morgan fingerprint density at radius 2 is 1.76 bits per heavy atom. The fourth-order valence-corrected chi connectivity index (χ4v) is 3.10. The number of H-pyrrole nitrogens is 2. The molecular weight excluding hydrogens is 384 g/mol. The molecule has 1 saturated heterocycles. The van der Waals surface area contributed by atoms with Gasteiger partial charge in [0.2, 0.25) is 0 Å². The molecule has 1 aliphatic rings. The lowest BCUT2D eigenvalue weighted by molar-refractivity contribution is 0.0280. The van der Waals surface area contributed by atoms with Gasteiger partial charge in [-0.15, -0.1) is 5.23 Å². The summed E-state index contributed by atoms with van der Waals surface area (Å²) in [4.78, 5) is 31.4. The molecule has 2 heterocycles. The number of nitrogens with zero attached hydrogens (tertiary/aromatic N) is 4. The predicted octanol–water partition coefficient (Wildman–Crippen LogP) is 0.372. The van der Waals surface area contributed by atoms with Crippen LogP contribution in [-0.4, -0.2) is 58.5 Å². The standard InChI is InChI=1S/C17H20N6O6/c1-20-6-8-21(9-7-20)13-5-3-11(10-14(13)22(26)27)2-4-12-15(23(28)29)16(24)19-17(25)18-12/h2-5,10,28-29H,6-9H2,1H3,(H2,18,19,24,25)/q-2. The number of likely N-dealkylation sites (N-methyl/N-ethyl adjacent to an activating group) is 1. The van der Waals surface area contributed by atoms with Crippen LogP contribution in [-0.2, 0) is 0 Å². The maximum Gasteiger partial charge on any atom is 0.326 e. The molecule has 0 saturated carbocycles. The highest BCUT2D eigenvalue weighted by atomic mass is 16.8. The summed E-state index contributed by atoms with van der Waals surface area (Å²) in [5.41, 5.74) is -1.72. The summed E-state index contributed by atoms with van der Waals surface area (Å²) in [6.07, 6.45) is 2.67. The van der Waals surface area contributed by atoms with E-state index >= 15 is 0 Å². The molecule has 12 nitrogen and oxygen atoms in total. The van der Waals surface area contributed by atoms with E-state index in [0.717, 1.165) is 13.1 Å². The lowest BCUT2D eigenvalue weighted by atomic mass is 10.1. The zero-order valence-electron chi connectivity index (χ0n) is 15.5. The van der Waals surface area contributed by atoms with Crippen molar-refractivity contribution < 1.29 is 10.4 Å². The van der Waals surface area contributed by atoms with Crippen molar-refractivity contribution in [3.63, 3.8) is 0 Å². The predicted molar refractivity (Wildman–Crippen MR) is 108 cm³/mol. The summed E-state index contributed by atoms with van der Waals surface area (Å²) in [6.45, 7) is 2.95. The van der Waals surface area contributed by atoms with Crippen LogP contribution in [0.25, 0.3) is 12.2 Å². The van der Waals surface area contributed by atoms with Gasteiger partial charge < -0.3 is 30.4 Å². The first-order valence-corrected chi connectivity index (χ1v) is 8.71. The van der Waals surface area contributed by atoms with Crippen LogP contribution < -0.4 is 26.6 Å². The van der Waals surface area contributed by atoms with Gasteiger partial charge in [0.1, 0.15) is 0 Å². The number of anilines is 3. The van der Waals surface area contributed by atoms with Crippen LogP contribution in [0.3, 0.4) is 0 Å². The number of piperazine rings is 1. The second kappa shape index (κ2) is 8.46. The van der Waals surface area contributed by atoms with Crippen molar-refractivity contribution in [1.82, 2.24) is 14.9 Å². The van der Waals surface area contributed by atoms with E-state index in [1.165, 1.54) is 18.2 Å². The van der Waals surface area contributed by atoms with Gasteiger partial charge in [-0.2, -0.15) is 0 Å². The molecule has 2 aromatic rings. The lowest BCUT2D eigenvalue weighted by Gasteiger charge is -2.43. The maximum atomic E-state index is 11.7. The van der Waals surface area contributed by atoms with Crippen LogP contribution in [0.15, 0.2) is 27.8 Å². The Bertz CT molecular complexity index is 1010. The number of nitrogens with one attached hydrogen (secondary N) is 2. The monoisotopic (exact) mass is 404 g/mol. The maximum absolute atomic E-state index is 11.7. The Kier molecular flexibility index (Phi) is 6.00. The average molecular weight is 404 g/mol. The molecule has 0 aliphatic carbocycles. The molecule has 0 unspecified atom stereocenters. The van der Waals surface area contributed by atoms with E-state index in [2.05, 4.69) is 9.88 Å². The zero-order valence-corrected chi connectivity index (χ0v) is 15.5. The van der Waals surface area contributed by atoms with Gasteiger partial charge in [0.15, 0.2) is 5.69 Å². The molecule has 4 N–H and O–H groups in total. The van der Waals surface area contributed by atoms with E-state index < -0.39 is 27.4 Å². The van der Waals surface area contributed by atoms with Crippen LogP contribution in [0.5, 0.6) is 0 Å². The summed E-state index contributed by atoms with van der Waals surface area (Å²) in [5, 5.41) is 40.7. The van der Waals surface area contributed by atoms with Gasteiger partial charge in [-0.3, -0.25) is 20.2 Å². The van der Waals surface area contributed by atoms with E-state index in [4.69, 9.17) is 0 Å². The molecule has 12 heteroatoms. The molecule has 0 atom stereocenters. The van der Waals surface area contributed by atoms with Crippen LogP contribution in [0, 0.1) is 10.4 Å². The molecule has 29 heavy (non-hydrogen) atoms. The summed E-state index contributed by atoms with van der Waals surface area (Å²) in [6, 6.07) is 4.69. The number of hydrogen-bond donors (Lipinski definition) is 4. The molecule has 1 aromatic carbocycles. The Morgan fingerprint density at radius 1 is 1.07 bits per heavy atom. The van der Waals surface area contributed by atoms with Gasteiger partial charge in [0, 0.05) is 31.9 Å². The van der Waals surface area contributed by atoms with Crippen LogP contribution in [0.4, 0.5) is 17.1 Å². The summed E-state index contributed by atoms with van der Waals surface area (Å²) >= 11 is 0. The number of aromatic nitrogens is 2. The Labute approximate surface area is 164 Å². The first-order valence-electron chi connectivity index (χ1n) is 8.71. The normalized spacial score (nSPS) is 15.1. The summed E-state index contributed by atoms with van der Waals surface area (Å²) in [5.74, 6) is 0. The molecule has 0 bridgehead atoms. The fraction of sp³-hybridized carbons (Fsp3) is 0.294. The highest BCUT2D eigenvalue weighted by Crippen LogP contribution is 2.31. The SMILES string of the molecule is CN1CCN(c2ccc(C=Cc3[nH]c(=O)[nH]c(=O)c3N(O)O)cc2N([O-])[O-])CC1. The van der Waals surface area contributed by atoms with Crippen molar-refractivity contribution in [3.8, 4) is 0 Å². The Balaban J connectivity index is 1.94. The van der Waals surface area contributed by atoms with Crippen molar-refractivity contribution in [2.45, 2.75) is 0 Å². The minimum Gasteiger partial charge on any atom is -0.769 e. The van der Waals surface area contributed by atoms with Gasteiger partial charge in [0.05, 0.1) is 11.4 Å². The number of hydrogen-bond acceptors (Lipinski definition) is 10. The second-order valence-electron chi connectivity index (χ2n) is 6.59. The smallest absolute Gasteiger partial charge is 0.326 e. The second-order valence-corrected chi connectivity index (χ2v) is 6.59. The van der Waals surface area contributed by atoms with Crippen molar-refractivity contribution in [2.75, 3.05) is 48.6 Å². The Hall–Kier alpha value is -3.16. The largest absolute Gasteiger partial charge is 0.769 e. The lowest BCUT2D eigenvalue weighted by Crippen LogP contribution is -2.44. The minimum atomic E-state index is -1.00. The number of rotatable bonds is 5. The summed E-state index contributed by atoms with van der Waals surface area (Å²) < 4.78 is 0. The van der Waals surface area contributed by atoms with Crippen LogP contribution in [0.1, 0.15) is 11.3 Å². The topological polar surface area (TPSA) is 165 Å². The van der Waals surface area contributed by atoms with E-state index in [9.17, 15) is 30.4 Å². The molecular formula is C17H20N6O6-2. The molecule has 1 aromatic heterocycles. The van der Waals surface area contributed by atoms with Crippen molar-refractivity contribution in [1.29, 1.82) is 0 Å². The van der Waals surface area contributed by atoms with E-state index in [-0.39, 0.29) is 11.4 Å². The Morgan fingerprint density at radius 3 is 2.38 bits per heavy atom. The molecule has 156 valence electrons. The molecule has 1 fully saturated rings. The van der Waals surface area contributed by atoms with Gasteiger partial charge in [-0.1, -0.05) is 12.1 Å². The highest BCUT2D eigenvalue weighted by molar-refractivity contribution is 5.80. The van der Waals surface area contributed by atoms with E-state index in [1.54, 1.807) is 12.1 Å². The third kappa shape index (κ3) is 4.64. The third-order valence-electron chi connectivity index (χ3n) is 4.63. The highest BCUT2D eigenvalue weighted by Gasteiger charge is 2.17. The van der Waals surface area contributed by atoms with Crippen LogP contribution in [0.2, 0.25) is 0 Å². The molecule has 0 radical (unpaired) electrons. The summed E-state index contributed by atoms with van der Waals surface area (Å²) in [7, 11) is 1.99. The molecule has 0 amide bonds. The van der Waals surface area contributed by atoms with Crippen molar-refractivity contribution in [2.24, 2.45) is 0 Å². The van der Waals surface area contributed by atoms with Crippen LogP contribution >= 0.6 is 0 Å². The number of benzene rings is 1. The first-order chi connectivity index (χ1) is 13.8. The average Bonchev–Trinajstić information content (AvgIpc) is 2.66. The molecule has 3 rings (SSSR count). The van der Waals surface area contributed by atoms with Crippen molar-refractivity contribution >= 4 is 29.2 Å². The zero-order chi connectivity index (χ0) is 21.1. The third-order valence-corrected chi connectivity index (χ3v) is 4.63. The van der Waals surface area contributed by atoms with E-state index in [1.807, 2.05) is 16.9 Å². The van der Waals surface area contributed by atoms with Gasteiger partial charge >= 0.3 is 5.69 Å². The number of aromatic amines is 2. The van der Waals surface area contributed by atoms with E-state index in [0.29, 0.717) is 24.3 Å². The fourth-order valence-electron chi connectivity index (χ4n) is 3.10. The minimum absolute atomic E-state index is 0.0673. The van der Waals surface area contributed by atoms with Gasteiger partial charge in [-0.05, 0) is 30.8 Å². The molecule has 0 spiro atoms. The van der Waals surface area contributed by atoms with Gasteiger partial charge in [0.25, 0.3) is 5.56 Å².